The normalized spacial score (nSPS) is 11.1. The number of aryl methyl sites for hydroxylation is 1. The van der Waals surface area contributed by atoms with Crippen molar-refractivity contribution in [1.29, 1.82) is 0 Å². The van der Waals surface area contributed by atoms with E-state index in [9.17, 15) is 9.18 Å². The Balaban J connectivity index is 1.79. The van der Waals surface area contributed by atoms with Gasteiger partial charge in [-0.05, 0) is 47.9 Å². The van der Waals surface area contributed by atoms with Gasteiger partial charge in [-0.15, -0.1) is 0 Å². The fraction of sp³-hybridized carbons (Fsp3) is 0.0909. The second kappa shape index (κ2) is 6.81. The molecule has 1 aromatic heterocycles. The summed E-state index contributed by atoms with van der Waals surface area (Å²) >= 11 is 0. The second-order valence-electron chi connectivity index (χ2n) is 6.83. The fourth-order valence-corrected chi connectivity index (χ4v) is 3.42. The fourth-order valence-electron chi connectivity index (χ4n) is 3.42. The Morgan fingerprint density at radius 1 is 1.04 bits per heavy atom. The highest BCUT2D eigenvalue weighted by Gasteiger charge is 2.12. The predicted molar refractivity (Wildman–Crippen MR) is 111 cm³/mol. The van der Waals surface area contributed by atoms with Gasteiger partial charge in [0.2, 0.25) is 0 Å². The van der Waals surface area contributed by atoms with Crippen molar-refractivity contribution in [2.24, 2.45) is 0 Å². The van der Waals surface area contributed by atoms with Crippen LogP contribution in [0, 0.1) is 12.7 Å². The van der Waals surface area contributed by atoms with Crippen molar-refractivity contribution in [1.82, 2.24) is 10.2 Å². The molecule has 0 aliphatic heterocycles. The van der Waals surface area contributed by atoms with Gasteiger partial charge in [0, 0.05) is 17.4 Å². The van der Waals surface area contributed by atoms with Gasteiger partial charge in [-0.2, -0.15) is 5.10 Å². The zero-order valence-electron chi connectivity index (χ0n) is 15.3. The number of nitrogen functional groups attached to an aromatic ring is 2. The molecule has 0 aliphatic rings. The Morgan fingerprint density at radius 3 is 2.64 bits per heavy atom. The minimum absolute atomic E-state index is 0.214. The first-order chi connectivity index (χ1) is 13.4. The predicted octanol–water partition coefficient (Wildman–Crippen LogP) is 3.79. The molecule has 0 fully saturated rings. The van der Waals surface area contributed by atoms with Gasteiger partial charge >= 0.3 is 0 Å². The smallest absolute Gasteiger partial charge is 0.272 e. The van der Waals surface area contributed by atoms with Crippen molar-refractivity contribution in [3.05, 3.63) is 87.6 Å². The van der Waals surface area contributed by atoms with Crippen LogP contribution in [0.1, 0.15) is 16.8 Å². The molecular formula is C22H19FN4O. The van der Waals surface area contributed by atoms with Crippen LogP contribution < -0.4 is 17.0 Å². The van der Waals surface area contributed by atoms with Gasteiger partial charge < -0.3 is 11.5 Å². The Kier molecular flexibility index (Phi) is 4.31. The van der Waals surface area contributed by atoms with Crippen LogP contribution in [0.15, 0.2) is 59.4 Å². The Morgan fingerprint density at radius 2 is 1.86 bits per heavy atom. The first-order valence-electron chi connectivity index (χ1n) is 8.84. The van der Waals surface area contributed by atoms with Crippen LogP contribution in [-0.4, -0.2) is 10.2 Å². The number of hydrogen-bond donors (Lipinski definition) is 3. The zero-order chi connectivity index (χ0) is 19.8. The van der Waals surface area contributed by atoms with Gasteiger partial charge in [-0.25, -0.2) is 9.49 Å². The first-order valence-corrected chi connectivity index (χ1v) is 8.84. The summed E-state index contributed by atoms with van der Waals surface area (Å²) in [5.74, 6) is -0.344. The highest BCUT2D eigenvalue weighted by atomic mass is 19.1. The lowest BCUT2D eigenvalue weighted by Gasteiger charge is -2.10. The molecule has 0 unspecified atom stereocenters. The van der Waals surface area contributed by atoms with Gasteiger partial charge in [-0.3, -0.25) is 4.79 Å². The maximum Gasteiger partial charge on any atom is 0.272 e. The second-order valence-corrected chi connectivity index (χ2v) is 6.83. The summed E-state index contributed by atoms with van der Waals surface area (Å²) in [5, 5.41) is 8.21. The number of benzene rings is 3. The number of fused-ring (bicyclic) bond motifs is 1. The summed E-state index contributed by atoms with van der Waals surface area (Å²) in [6.45, 7) is 1.89. The number of halogens is 1. The largest absolute Gasteiger partial charge is 0.397 e. The van der Waals surface area contributed by atoms with Gasteiger partial charge in [0.05, 0.1) is 22.5 Å². The third-order valence-corrected chi connectivity index (χ3v) is 4.90. The lowest BCUT2D eigenvalue weighted by atomic mass is 9.97. The number of aromatic nitrogens is 2. The molecule has 5 N–H and O–H groups in total. The molecule has 0 aliphatic carbocycles. The molecule has 0 atom stereocenters. The maximum atomic E-state index is 14.5. The SMILES string of the molecule is Cc1cccc2c(Cc3ccc(F)c(-c4ccc(N)c(N)c4)c3)n[nH]c(=O)c12. The molecular weight excluding hydrogens is 355 g/mol. The average molecular weight is 374 g/mol. The molecule has 4 aromatic rings. The summed E-state index contributed by atoms with van der Waals surface area (Å²) in [6.07, 6.45) is 0.453. The van der Waals surface area contributed by atoms with Crippen molar-refractivity contribution in [2.45, 2.75) is 13.3 Å². The first kappa shape index (κ1) is 17.7. The van der Waals surface area contributed by atoms with E-state index in [1.54, 1.807) is 30.3 Å². The number of hydrogen-bond acceptors (Lipinski definition) is 4. The monoisotopic (exact) mass is 374 g/mol. The molecule has 4 rings (SSSR count). The summed E-state index contributed by atoms with van der Waals surface area (Å²) in [5.41, 5.74) is 15.9. The Bertz CT molecular complexity index is 1260. The van der Waals surface area contributed by atoms with E-state index >= 15 is 0 Å². The summed E-state index contributed by atoms with van der Waals surface area (Å²) in [4.78, 5) is 12.2. The lowest BCUT2D eigenvalue weighted by molar-refractivity contribution is 0.630. The van der Waals surface area contributed by atoms with Crippen LogP contribution >= 0.6 is 0 Å². The van der Waals surface area contributed by atoms with Crippen LogP contribution in [0.2, 0.25) is 0 Å². The van der Waals surface area contributed by atoms with Crippen molar-refractivity contribution in [2.75, 3.05) is 11.5 Å². The highest BCUT2D eigenvalue weighted by molar-refractivity contribution is 5.86. The minimum atomic E-state index is -0.344. The molecule has 3 aromatic carbocycles. The molecule has 6 heteroatoms. The van der Waals surface area contributed by atoms with Crippen molar-refractivity contribution >= 4 is 22.1 Å². The van der Waals surface area contributed by atoms with E-state index in [2.05, 4.69) is 10.2 Å². The lowest BCUT2D eigenvalue weighted by Crippen LogP contribution is -2.12. The highest BCUT2D eigenvalue weighted by Crippen LogP contribution is 2.29. The number of aromatic amines is 1. The van der Waals surface area contributed by atoms with Crippen molar-refractivity contribution in [3.8, 4) is 11.1 Å². The van der Waals surface area contributed by atoms with Gasteiger partial charge in [0.15, 0.2) is 0 Å². The van der Waals surface area contributed by atoms with E-state index in [1.165, 1.54) is 6.07 Å². The van der Waals surface area contributed by atoms with E-state index in [1.807, 2.05) is 25.1 Å². The molecule has 28 heavy (non-hydrogen) atoms. The maximum absolute atomic E-state index is 14.5. The number of nitrogens with zero attached hydrogens (tertiary/aromatic N) is 1. The number of nitrogens with one attached hydrogen (secondary N) is 1. The van der Waals surface area contributed by atoms with Gasteiger partial charge in [0.25, 0.3) is 5.56 Å². The molecule has 140 valence electrons. The molecule has 0 radical (unpaired) electrons. The molecule has 0 spiro atoms. The van der Waals surface area contributed by atoms with Crippen LogP contribution in [-0.2, 0) is 6.42 Å². The standard InChI is InChI=1S/C22H19FN4O/c1-12-3-2-4-15-20(26-27-22(28)21(12)15)10-13-5-7-17(23)16(9-13)14-6-8-18(24)19(25)11-14/h2-9,11H,10,24-25H2,1H3,(H,27,28). The van der Waals surface area contributed by atoms with E-state index in [0.29, 0.717) is 34.3 Å². The number of rotatable bonds is 3. The summed E-state index contributed by atoms with van der Waals surface area (Å²) in [6, 6.07) is 15.7. The van der Waals surface area contributed by atoms with E-state index in [4.69, 9.17) is 11.5 Å². The van der Waals surface area contributed by atoms with Crippen molar-refractivity contribution in [3.63, 3.8) is 0 Å². The molecule has 0 saturated carbocycles. The molecule has 1 heterocycles. The van der Waals surface area contributed by atoms with E-state index in [-0.39, 0.29) is 11.4 Å². The van der Waals surface area contributed by atoms with Crippen LogP contribution in [0.4, 0.5) is 15.8 Å². The van der Waals surface area contributed by atoms with Crippen LogP contribution in [0.5, 0.6) is 0 Å². The average Bonchev–Trinajstić information content (AvgIpc) is 2.68. The van der Waals surface area contributed by atoms with Gasteiger partial charge in [-0.1, -0.05) is 30.3 Å². The third kappa shape index (κ3) is 3.09. The Labute approximate surface area is 160 Å². The third-order valence-electron chi connectivity index (χ3n) is 4.90. The zero-order valence-corrected chi connectivity index (χ0v) is 15.3. The number of H-pyrrole nitrogens is 1. The molecule has 0 saturated heterocycles. The molecule has 0 amide bonds. The number of nitrogens with two attached hydrogens (primary N) is 2. The van der Waals surface area contributed by atoms with Crippen LogP contribution in [0.3, 0.4) is 0 Å². The minimum Gasteiger partial charge on any atom is -0.397 e. The van der Waals surface area contributed by atoms with Gasteiger partial charge in [0.1, 0.15) is 5.82 Å². The number of anilines is 2. The van der Waals surface area contributed by atoms with E-state index in [0.717, 1.165) is 22.2 Å². The quantitative estimate of drug-likeness (QED) is 0.475. The Hall–Kier alpha value is -3.67. The molecule has 0 bridgehead atoms. The van der Waals surface area contributed by atoms with Crippen LogP contribution in [0.25, 0.3) is 21.9 Å². The summed E-state index contributed by atoms with van der Waals surface area (Å²) in [7, 11) is 0. The molecule has 5 nitrogen and oxygen atoms in total. The van der Waals surface area contributed by atoms with Crippen molar-refractivity contribution < 1.29 is 4.39 Å². The van der Waals surface area contributed by atoms with E-state index < -0.39 is 0 Å². The topological polar surface area (TPSA) is 97.8 Å². The summed E-state index contributed by atoms with van der Waals surface area (Å²) < 4.78 is 14.5.